The lowest BCUT2D eigenvalue weighted by atomic mass is 10.1. The third-order valence-electron chi connectivity index (χ3n) is 5.88. The van der Waals surface area contributed by atoms with Gasteiger partial charge in [-0.1, -0.05) is 18.2 Å². The first-order valence-corrected chi connectivity index (χ1v) is 11.6. The van der Waals surface area contributed by atoms with Gasteiger partial charge in [-0.2, -0.15) is 0 Å². The predicted molar refractivity (Wildman–Crippen MR) is 147 cm³/mol. The minimum absolute atomic E-state index is 0. The molecule has 0 amide bonds. The molecular weight excluding hydrogens is 541 g/mol. The van der Waals surface area contributed by atoms with Crippen molar-refractivity contribution < 1.29 is 9.15 Å². The van der Waals surface area contributed by atoms with E-state index in [-0.39, 0.29) is 24.0 Å². The van der Waals surface area contributed by atoms with Gasteiger partial charge in [0.05, 0.1) is 19.9 Å². The summed E-state index contributed by atoms with van der Waals surface area (Å²) in [7, 11) is 1.68. The SMILES string of the molecule is COc1ccc(CN=C(NCCc2ccco2)NC2CCN(c3ccc(C)cn3)CC2)cc1.I. The number of pyridine rings is 1. The van der Waals surface area contributed by atoms with Crippen molar-refractivity contribution in [2.45, 2.75) is 38.8 Å². The van der Waals surface area contributed by atoms with Crippen molar-refractivity contribution >= 4 is 35.8 Å². The molecule has 1 aromatic carbocycles. The fourth-order valence-corrected chi connectivity index (χ4v) is 3.91. The summed E-state index contributed by atoms with van der Waals surface area (Å²) in [5.74, 6) is 3.72. The molecule has 0 unspecified atom stereocenters. The molecule has 7 nitrogen and oxygen atoms in total. The molecule has 3 aromatic rings. The molecule has 0 bridgehead atoms. The number of guanidine groups is 1. The van der Waals surface area contributed by atoms with Gasteiger partial charge in [0, 0.05) is 38.3 Å². The normalized spacial score (nSPS) is 14.4. The van der Waals surface area contributed by atoms with Gasteiger partial charge in [-0.15, -0.1) is 24.0 Å². The molecule has 182 valence electrons. The van der Waals surface area contributed by atoms with E-state index in [0.29, 0.717) is 12.6 Å². The van der Waals surface area contributed by atoms with Gasteiger partial charge < -0.3 is 24.7 Å². The van der Waals surface area contributed by atoms with E-state index in [4.69, 9.17) is 14.1 Å². The van der Waals surface area contributed by atoms with Crippen LogP contribution in [0, 0.1) is 6.92 Å². The van der Waals surface area contributed by atoms with Crippen molar-refractivity contribution in [2.24, 2.45) is 4.99 Å². The fraction of sp³-hybridized carbons (Fsp3) is 0.385. The number of aliphatic imine (C=N–C) groups is 1. The van der Waals surface area contributed by atoms with Crippen LogP contribution in [0.15, 0.2) is 70.4 Å². The smallest absolute Gasteiger partial charge is 0.191 e. The molecular formula is C26H34IN5O2. The van der Waals surface area contributed by atoms with Crippen molar-refractivity contribution in [3.63, 3.8) is 0 Å². The second-order valence-corrected chi connectivity index (χ2v) is 8.37. The van der Waals surface area contributed by atoms with Crippen molar-refractivity contribution in [1.82, 2.24) is 15.6 Å². The van der Waals surface area contributed by atoms with E-state index in [0.717, 1.165) is 67.7 Å². The van der Waals surface area contributed by atoms with E-state index < -0.39 is 0 Å². The van der Waals surface area contributed by atoms with Crippen LogP contribution in [-0.4, -0.2) is 43.7 Å². The average molecular weight is 575 g/mol. The van der Waals surface area contributed by atoms with Gasteiger partial charge in [-0.05, 0) is 61.2 Å². The standard InChI is InChI=1S/C26H33N5O2.HI/c1-20-5-10-25(28-18-20)31-15-12-22(13-16-31)30-26(27-14-11-24-4-3-17-33-24)29-19-21-6-8-23(32-2)9-7-21;/h3-10,17-18,22H,11-16,19H2,1-2H3,(H2,27,29,30);1H. The third-order valence-corrected chi connectivity index (χ3v) is 5.88. The fourth-order valence-electron chi connectivity index (χ4n) is 3.91. The van der Waals surface area contributed by atoms with Crippen LogP contribution in [0.25, 0.3) is 0 Å². The van der Waals surface area contributed by atoms with E-state index in [2.05, 4.69) is 51.7 Å². The molecule has 2 N–H and O–H groups in total. The Morgan fingerprint density at radius 2 is 1.94 bits per heavy atom. The number of hydrogen-bond acceptors (Lipinski definition) is 5. The van der Waals surface area contributed by atoms with Gasteiger partial charge in [-0.3, -0.25) is 0 Å². The van der Waals surface area contributed by atoms with E-state index in [1.807, 2.05) is 30.5 Å². The van der Waals surface area contributed by atoms with Crippen LogP contribution < -0.4 is 20.3 Å². The lowest BCUT2D eigenvalue weighted by Crippen LogP contribution is -2.49. The Hall–Kier alpha value is -2.75. The molecule has 1 aliphatic rings. The van der Waals surface area contributed by atoms with Gasteiger partial charge >= 0.3 is 0 Å². The number of halogens is 1. The molecule has 1 aliphatic heterocycles. The van der Waals surface area contributed by atoms with E-state index >= 15 is 0 Å². The Morgan fingerprint density at radius 3 is 2.59 bits per heavy atom. The summed E-state index contributed by atoms with van der Waals surface area (Å²) in [5, 5.41) is 7.12. The van der Waals surface area contributed by atoms with Crippen molar-refractivity contribution in [3.8, 4) is 5.75 Å². The number of nitrogens with zero attached hydrogens (tertiary/aromatic N) is 3. The first kappa shape index (κ1) is 25.9. The maximum Gasteiger partial charge on any atom is 0.191 e. The average Bonchev–Trinajstić information content (AvgIpc) is 3.37. The molecule has 8 heteroatoms. The summed E-state index contributed by atoms with van der Waals surface area (Å²) in [6.45, 7) is 5.39. The summed E-state index contributed by atoms with van der Waals surface area (Å²) < 4.78 is 10.7. The van der Waals surface area contributed by atoms with Crippen LogP contribution in [0.5, 0.6) is 5.75 Å². The molecule has 0 saturated carbocycles. The van der Waals surface area contributed by atoms with Gasteiger partial charge in [-0.25, -0.2) is 9.98 Å². The second kappa shape index (κ2) is 13.2. The van der Waals surface area contributed by atoms with Gasteiger partial charge in [0.25, 0.3) is 0 Å². The van der Waals surface area contributed by atoms with Gasteiger partial charge in [0.15, 0.2) is 5.96 Å². The molecule has 4 rings (SSSR count). The summed E-state index contributed by atoms with van der Waals surface area (Å²) >= 11 is 0. The van der Waals surface area contributed by atoms with Crippen molar-refractivity contribution in [1.29, 1.82) is 0 Å². The van der Waals surface area contributed by atoms with Crippen LogP contribution in [0.2, 0.25) is 0 Å². The number of anilines is 1. The lowest BCUT2D eigenvalue weighted by Gasteiger charge is -2.34. The number of piperidine rings is 1. The molecule has 0 radical (unpaired) electrons. The monoisotopic (exact) mass is 575 g/mol. The first-order chi connectivity index (χ1) is 16.2. The van der Waals surface area contributed by atoms with Crippen LogP contribution in [0.3, 0.4) is 0 Å². The number of aromatic nitrogens is 1. The highest BCUT2D eigenvalue weighted by molar-refractivity contribution is 14.0. The summed E-state index contributed by atoms with van der Waals surface area (Å²) in [6.07, 6.45) is 6.54. The van der Waals surface area contributed by atoms with Crippen LogP contribution >= 0.6 is 24.0 Å². The Morgan fingerprint density at radius 1 is 1.15 bits per heavy atom. The molecule has 3 heterocycles. The summed E-state index contributed by atoms with van der Waals surface area (Å²) in [4.78, 5) is 11.8. The summed E-state index contributed by atoms with van der Waals surface area (Å²) in [5.41, 5.74) is 2.33. The largest absolute Gasteiger partial charge is 0.497 e. The van der Waals surface area contributed by atoms with Crippen LogP contribution in [0.4, 0.5) is 5.82 Å². The van der Waals surface area contributed by atoms with Crippen LogP contribution in [0.1, 0.15) is 29.7 Å². The zero-order valence-electron chi connectivity index (χ0n) is 19.9. The highest BCUT2D eigenvalue weighted by Crippen LogP contribution is 2.18. The van der Waals surface area contributed by atoms with E-state index in [9.17, 15) is 0 Å². The Balaban J connectivity index is 0.00000324. The number of nitrogens with one attached hydrogen (secondary N) is 2. The van der Waals surface area contributed by atoms with E-state index in [1.165, 1.54) is 5.56 Å². The number of methoxy groups -OCH3 is 1. The number of ether oxygens (including phenoxy) is 1. The Bertz CT molecular complexity index is 999. The predicted octanol–water partition coefficient (Wildman–Crippen LogP) is 4.56. The summed E-state index contributed by atoms with van der Waals surface area (Å²) in [6, 6.07) is 16.6. The molecule has 1 fully saturated rings. The topological polar surface area (TPSA) is 74.9 Å². The van der Waals surface area contributed by atoms with E-state index in [1.54, 1.807) is 13.4 Å². The molecule has 1 saturated heterocycles. The molecule has 0 aliphatic carbocycles. The molecule has 34 heavy (non-hydrogen) atoms. The number of aryl methyl sites for hydroxylation is 1. The first-order valence-electron chi connectivity index (χ1n) is 11.6. The Kier molecular flexibility index (Phi) is 10.1. The number of hydrogen-bond donors (Lipinski definition) is 2. The second-order valence-electron chi connectivity index (χ2n) is 8.37. The lowest BCUT2D eigenvalue weighted by molar-refractivity contribution is 0.414. The Labute approximate surface area is 219 Å². The third kappa shape index (κ3) is 7.65. The molecule has 0 spiro atoms. The van der Waals surface area contributed by atoms with Crippen molar-refractivity contribution in [3.05, 3.63) is 77.9 Å². The maximum atomic E-state index is 5.45. The zero-order chi connectivity index (χ0) is 22.9. The number of furan rings is 1. The number of benzene rings is 1. The van der Waals surface area contributed by atoms with Gasteiger partial charge in [0.2, 0.25) is 0 Å². The highest BCUT2D eigenvalue weighted by atomic mass is 127. The zero-order valence-corrected chi connectivity index (χ0v) is 22.2. The van der Waals surface area contributed by atoms with Gasteiger partial charge in [0.1, 0.15) is 17.3 Å². The van der Waals surface area contributed by atoms with Crippen LogP contribution in [-0.2, 0) is 13.0 Å². The van der Waals surface area contributed by atoms with Crippen molar-refractivity contribution in [2.75, 3.05) is 31.6 Å². The molecule has 0 atom stereocenters. The molecule has 2 aromatic heterocycles. The number of rotatable bonds is 8. The minimum Gasteiger partial charge on any atom is -0.497 e. The highest BCUT2D eigenvalue weighted by Gasteiger charge is 2.21. The quantitative estimate of drug-likeness (QED) is 0.233. The minimum atomic E-state index is 0. The maximum absolute atomic E-state index is 5.45.